The number of aromatic nitrogens is 2. The Morgan fingerprint density at radius 2 is 2.41 bits per heavy atom. The predicted octanol–water partition coefficient (Wildman–Crippen LogP) is 2.82. The lowest BCUT2D eigenvalue weighted by Crippen LogP contribution is -2.02. The number of carboxylic acids is 1. The summed E-state index contributed by atoms with van der Waals surface area (Å²) in [5.41, 5.74) is 0. The average molecular weight is 289 g/mol. The highest BCUT2D eigenvalue weighted by Crippen LogP contribution is 2.24. The molecule has 7 heteroatoms. The van der Waals surface area contributed by atoms with Crippen LogP contribution in [-0.2, 0) is 11.3 Å². The molecule has 2 aromatic heterocycles. The van der Waals surface area contributed by atoms with Gasteiger partial charge in [-0.1, -0.05) is 23.4 Å². The van der Waals surface area contributed by atoms with Crippen LogP contribution in [-0.4, -0.2) is 26.4 Å². The van der Waals surface area contributed by atoms with E-state index < -0.39 is 5.97 Å². The molecule has 0 unspecified atom stereocenters. The monoisotopic (exact) mass is 288 g/mol. The maximum Gasteiger partial charge on any atom is 0.313 e. The molecule has 0 aromatic carbocycles. The molecule has 0 spiro atoms. The largest absolute Gasteiger partial charge is 0.481 e. The van der Waals surface area contributed by atoms with Gasteiger partial charge in [-0.05, 0) is 12.1 Å². The Balaban J connectivity index is 2.06. The molecule has 0 aliphatic carbocycles. The van der Waals surface area contributed by atoms with E-state index in [2.05, 4.69) is 4.98 Å². The maximum atomic E-state index is 10.5. The van der Waals surface area contributed by atoms with Crippen LogP contribution in [0.3, 0.4) is 0 Å². The molecule has 0 aliphatic rings. The molecular formula is C10H9ClN2O2S2. The number of imidazole rings is 1. The summed E-state index contributed by atoms with van der Waals surface area (Å²) in [6, 6.07) is 3.81. The van der Waals surface area contributed by atoms with E-state index in [9.17, 15) is 4.79 Å². The topological polar surface area (TPSA) is 55.1 Å². The van der Waals surface area contributed by atoms with E-state index >= 15 is 0 Å². The minimum atomic E-state index is -0.844. The van der Waals surface area contributed by atoms with Gasteiger partial charge in [0.15, 0.2) is 5.16 Å². The van der Waals surface area contributed by atoms with Gasteiger partial charge < -0.3 is 9.67 Å². The second-order valence-corrected chi connectivity index (χ2v) is 5.97. The Morgan fingerprint density at radius 1 is 1.59 bits per heavy atom. The molecule has 0 aliphatic heterocycles. The first-order valence-corrected chi connectivity index (χ1v) is 6.93. The number of carbonyl (C=O) groups is 1. The molecule has 0 saturated carbocycles. The number of thioether (sulfide) groups is 1. The summed E-state index contributed by atoms with van der Waals surface area (Å²) < 4.78 is 2.66. The zero-order valence-corrected chi connectivity index (χ0v) is 11.1. The van der Waals surface area contributed by atoms with Gasteiger partial charge in [0, 0.05) is 17.3 Å². The minimum Gasteiger partial charge on any atom is -0.481 e. The fraction of sp³-hybridized carbons (Fsp3) is 0.200. The smallest absolute Gasteiger partial charge is 0.313 e. The van der Waals surface area contributed by atoms with Gasteiger partial charge in [-0.3, -0.25) is 4.79 Å². The fourth-order valence-electron chi connectivity index (χ4n) is 1.29. The van der Waals surface area contributed by atoms with Crippen molar-refractivity contribution in [3.05, 3.63) is 33.7 Å². The molecule has 0 radical (unpaired) electrons. The van der Waals surface area contributed by atoms with Crippen molar-refractivity contribution in [3.8, 4) is 0 Å². The van der Waals surface area contributed by atoms with Crippen LogP contribution in [0.4, 0.5) is 0 Å². The first kappa shape index (κ1) is 12.5. The molecule has 0 atom stereocenters. The molecule has 90 valence electrons. The molecule has 2 rings (SSSR count). The van der Waals surface area contributed by atoms with Crippen LogP contribution in [0.5, 0.6) is 0 Å². The summed E-state index contributed by atoms with van der Waals surface area (Å²) in [5.74, 6) is -0.828. The Labute approximate surface area is 111 Å². The lowest BCUT2D eigenvalue weighted by molar-refractivity contribution is -0.133. The molecule has 1 N–H and O–H groups in total. The van der Waals surface area contributed by atoms with Crippen LogP contribution in [0.15, 0.2) is 29.7 Å². The molecule has 2 heterocycles. The van der Waals surface area contributed by atoms with Gasteiger partial charge in [0.05, 0.1) is 16.6 Å². The Kier molecular flexibility index (Phi) is 4.09. The van der Waals surface area contributed by atoms with E-state index in [-0.39, 0.29) is 5.75 Å². The third kappa shape index (κ3) is 3.49. The van der Waals surface area contributed by atoms with Crippen molar-refractivity contribution >= 4 is 40.7 Å². The van der Waals surface area contributed by atoms with Crippen molar-refractivity contribution in [1.82, 2.24) is 9.55 Å². The van der Waals surface area contributed by atoms with Gasteiger partial charge in [-0.25, -0.2) is 4.98 Å². The lowest BCUT2D eigenvalue weighted by atomic mass is 10.5. The second kappa shape index (κ2) is 5.57. The summed E-state index contributed by atoms with van der Waals surface area (Å²) >= 11 is 8.58. The van der Waals surface area contributed by atoms with E-state index in [1.165, 1.54) is 23.1 Å². The summed E-state index contributed by atoms with van der Waals surface area (Å²) in [7, 11) is 0. The van der Waals surface area contributed by atoms with Gasteiger partial charge in [0.2, 0.25) is 0 Å². The Bertz CT molecular complexity index is 524. The van der Waals surface area contributed by atoms with Crippen LogP contribution >= 0.6 is 34.7 Å². The maximum absolute atomic E-state index is 10.5. The van der Waals surface area contributed by atoms with E-state index in [1.54, 1.807) is 6.20 Å². The van der Waals surface area contributed by atoms with Gasteiger partial charge in [0.25, 0.3) is 0 Å². The second-order valence-electron chi connectivity index (χ2n) is 3.23. The van der Waals surface area contributed by atoms with E-state index in [1.807, 2.05) is 22.9 Å². The SMILES string of the molecule is O=C(O)CSc1nccn1Cc1ccc(Cl)s1. The molecule has 0 amide bonds. The summed E-state index contributed by atoms with van der Waals surface area (Å²) in [6.07, 6.45) is 3.50. The fourth-order valence-corrected chi connectivity index (χ4v) is 3.05. The summed E-state index contributed by atoms with van der Waals surface area (Å²) in [5, 5.41) is 9.33. The molecule has 0 bridgehead atoms. The van der Waals surface area contributed by atoms with Crippen molar-refractivity contribution < 1.29 is 9.90 Å². The highest BCUT2D eigenvalue weighted by Gasteiger charge is 2.07. The zero-order chi connectivity index (χ0) is 12.3. The quantitative estimate of drug-likeness (QED) is 0.860. The number of aliphatic carboxylic acids is 1. The van der Waals surface area contributed by atoms with Crippen LogP contribution in [0, 0.1) is 0 Å². The summed E-state index contributed by atoms with van der Waals surface area (Å²) in [6.45, 7) is 0.666. The highest BCUT2D eigenvalue weighted by molar-refractivity contribution is 7.99. The highest BCUT2D eigenvalue weighted by atomic mass is 35.5. The average Bonchev–Trinajstić information content (AvgIpc) is 2.86. The van der Waals surface area contributed by atoms with E-state index in [4.69, 9.17) is 16.7 Å². The van der Waals surface area contributed by atoms with Crippen molar-refractivity contribution in [3.63, 3.8) is 0 Å². The number of thiophene rings is 1. The third-order valence-corrected chi connectivity index (χ3v) is 4.16. The van der Waals surface area contributed by atoms with Crippen molar-refractivity contribution in [2.45, 2.75) is 11.7 Å². The third-order valence-electron chi connectivity index (χ3n) is 1.96. The van der Waals surface area contributed by atoms with Gasteiger partial charge in [-0.15, -0.1) is 11.3 Å². The Hall–Kier alpha value is -0.980. The molecular weight excluding hydrogens is 280 g/mol. The van der Waals surface area contributed by atoms with Gasteiger partial charge >= 0.3 is 5.97 Å². The van der Waals surface area contributed by atoms with Gasteiger partial charge in [-0.2, -0.15) is 0 Å². The van der Waals surface area contributed by atoms with Crippen LogP contribution < -0.4 is 0 Å². The predicted molar refractivity (Wildman–Crippen MR) is 69.0 cm³/mol. The number of halogens is 1. The number of carboxylic acid groups (broad SMARTS) is 1. The van der Waals surface area contributed by atoms with E-state index in [0.717, 1.165) is 9.21 Å². The van der Waals surface area contributed by atoms with Crippen LogP contribution in [0.1, 0.15) is 4.88 Å². The minimum absolute atomic E-state index is 0.0161. The number of nitrogens with zero attached hydrogens (tertiary/aromatic N) is 2. The normalized spacial score (nSPS) is 10.6. The standard InChI is InChI=1S/C10H9ClN2O2S2/c11-8-2-1-7(17-8)5-13-4-3-12-10(13)16-6-9(14)15/h1-4H,5-6H2,(H,14,15). The van der Waals surface area contributed by atoms with E-state index in [0.29, 0.717) is 11.7 Å². The van der Waals surface area contributed by atoms with Crippen LogP contribution in [0.2, 0.25) is 4.34 Å². The number of hydrogen-bond donors (Lipinski definition) is 1. The molecule has 17 heavy (non-hydrogen) atoms. The van der Waals surface area contributed by atoms with Gasteiger partial charge in [0.1, 0.15) is 0 Å². The number of rotatable bonds is 5. The van der Waals surface area contributed by atoms with Crippen LogP contribution in [0.25, 0.3) is 0 Å². The first-order valence-electron chi connectivity index (χ1n) is 4.75. The summed E-state index contributed by atoms with van der Waals surface area (Å²) in [4.78, 5) is 15.7. The molecule has 0 fully saturated rings. The Morgan fingerprint density at radius 3 is 3.06 bits per heavy atom. The first-order chi connectivity index (χ1) is 8.15. The molecule has 2 aromatic rings. The zero-order valence-electron chi connectivity index (χ0n) is 8.67. The number of hydrogen-bond acceptors (Lipinski definition) is 4. The van der Waals surface area contributed by atoms with Crippen molar-refractivity contribution in [2.75, 3.05) is 5.75 Å². The molecule has 0 saturated heterocycles. The lowest BCUT2D eigenvalue weighted by Gasteiger charge is -2.04. The van der Waals surface area contributed by atoms with Crippen molar-refractivity contribution in [2.24, 2.45) is 0 Å². The molecule has 4 nitrogen and oxygen atoms in total. The van der Waals surface area contributed by atoms with Crippen molar-refractivity contribution in [1.29, 1.82) is 0 Å².